The van der Waals surface area contributed by atoms with Crippen LogP contribution in [0, 0.1) is 13.8 Å². The van der Waals surface area contributed by atoms with Crippen molar-refractivity contribution in [1.29, 1.82) is 0 Å². The van der Waals surface area contributed by atoms with Crippen molar-refractivity contribution in [2.75, 3.05) is 20.3 Å². The van der Waals surface area contributed by atoms with Gasteiger partial charge in [0.1, 0.15) is 10.8 Å². The molecular weight excluding hydrogens is 360 g/mol. The Kier molecular flexibility index (Phi) is 6.95. The Labute approximate surface area is 153 Å². The summed E-state index contributed by atoms with van der Waals surface area (Å²) in [6, 6.07) is 3.42. The number of methoxy groups -OCH3 is 1. The third-order valence-corrected chi connectivity index (χ3v) is 6.08. The SMILES string of the molecule is CCOc1cc(C)c(S(=O)(=O)NCCc2csc(COC)n2)cc1C. The fraction of sp³-hybridized carbons (Fsp3) is 0.471. The summed E-state index contributed by atoms with van der Waals surface area (Å²) in [5.41, 5.74) is 2.33. The van der Waals surface area contributed by atoms with Crippen LogP contribution in [0.2, 0.25) is 0 Å². The molecule has 1 aromatic carbocycles. The third-order valence-electron chi connectivity index (χ3n) is 3.60. The largest absolute Gasteiger partial charge is 0.494 e. The van der Waals surface area contributed by atoms with Gasteiger partial charge in [0.15, 0.2) is 0 Å². The molecule has 0 amide bonds. The van der Waals surface area contributed by atoms with E-state index in [0.717, 1.165) is 16.3 Å². The molecule has 0 aliphatic rings. The molecule has 1 heterocycles. The number of thiazole rings is 1. The van der Waals surface area contributed by atoms with Crippen molar-refractivity contribution in [3.05, 3.63) is 39.3 Å². The second kappa shape index (κ2) is 8.75. The number of sulfonamides is 1. The van der Waals surface area contributed by atoms with E-state index in [1.54, 1.807) is 26.2 Å². The molecule has 2 aromatic rings. The van der Waals surface area contributed by atoms with Crippen LogP contribution in [0.5, 0.6) is 5.75 Å². The van der Waals surface area contributed by atoms with Crippen molar-refractivity contribution < 1.29 is 17.9 Å². The van der Waals surface area contributed by atoms with Gasteiger partial charge < -0.3 is 9.47 Å². The zero-order chi connectivity index (χ0) is 18.4. The number of benzene rings is 1. The van der Waals surface area contributed by atoms with Crippen LogP contribution in [0.15, 0.2) is 22.4 Å². The average molecular weight is 385 g/mol. The van der Waals surface area contributed by atoms with E-state index in [4.69, 9.17) is 9.47 Å². The van der Waals surface area contributed by atoms with Gasteiger partial charge in [0.2, 0.25) is 10.0 Å². The Morgan fingerprint density at radius 1 is 1.24 bits per heavy atom. The van der Waals surface area contributed by atoms with Gasteiger partial charge in [0.25, 0.3) is 0 Å². The summed E-state index contributed by atoms with van der Waals surface area (Å²) in [6.45, 7) is 6.83. The van der Waals surface area contributed by atoms with Gasteiger partial charge in [-0.3, -0.25) is 0 Å². The van der Waals surface area contributed by atoms with Crippen molar-refractivity contribution in [2.45, 2.75) is 38.7 Å². The normalized spacial score (nSPS) is 11.7. The number of hydrogen-bond acceptors (Lipinski definition) is 6. The number of nitrogens with one attached hydrogen (secondary N) is 1. The molecular formula is C17H24N2O4S2. The topological polar surface area (TPSA) is 77.5 Å². The van der Waals surface area contributed by atoms with Crippen LogP contribution in [0.1, 0.15) is 28.8 Å². The predicted octanol–water partition coefficient (Wildman–Crippen LogP) is 2.83. The van der Waals surface area contributed by atoms with Gasteiger partial charge >= 0.3 is 0 Å². The summed E-state index contributed by atoms with van der Waals surface area (Å²) in [6.07, 6.45) is 0.536. The number of nitrogens with zero attached hydrogens (tertiary/aromatic N) is 1. The van der Waals surface area contributed by atoms with E-state index in [1.165, 1.54) is 11.3 Å². The highest BCUT2D eigenvalue weighted by atomic mass is 32.2. The minimum absolute atomic E-state index is 0.284. The molecule has 1 N–H and O–H groups in total. The Balaban J connectivity index is 2.04. The molecule has 6 nitrogen and oxygen atoms in total. The molecule has 25 heavy (non-hydrogen) atoms. The fourth-order valence-corrected chi connectivity index (χ4v) is 4.55. The van der Waals surface area contributed by atoms with Gasteiger partial charge in [-0.15, -0.1) is 11.3 Å². The Morgan fingerprint density at radius 2 is 2.00 bits per heavy atom. The molecule has 138 valence electrons. The number of hydrogen-bond donors (Lipinski definition) is 1. The zero-order valence-electron chi connectivity index (χ0n) is 15.0. The summed E-state index contributed by atoms with van der Waals surface area (Å²) in [5.74, 6) is 0.715. The Morgan fingerprint density at radius 3 is 2.68 bits per heavy atom. The molecule has 2 rings (SSSR count). The van der Waals surface area contributed by atoms with Crippen molar-refractivity contribution >= 4 is 21.4 Å². The third kappa shape index (κ3) is 5.24. The zero-order valence-corrected chi connectivity index (χ0v) is 16.6. The van der Waals surface area contributed by atoms with E-state index in [1.807, 2.05) is 19.2 Å². The molecule has 0 atom stereocenters. The highest BCUT2D eigenvalue weighted by Crippen LogP contribution is 2.25. The van der Waals surface area contributed by atoms with Crippen LogP contribution in [-0.4, -0.2) is 33.7 Å². The Hall–Kier alpha value is -1.48. The van der Waals surface area contributed by atoms with E-state index in [-0.39, 0.29) is 4.90 Å². The summed E-state index contributed by atoms with van der Waals surface area (Å²) >= 11 is 1.51. The summed E-state index contributed by atoms with van der Waals surface area (Å²) in [4.78, 5) is 4.68. The lowest BCUT2D eigenvalue weighted by molar-refractivity contribution is 0.184. The van der Waals surface area contributed by atoms with Crippen molar-refractivity contribution in [3.8, 4) is 5.75 Å². The van der Waals surface area contributed by atoms with E-state index in [2.05, 4.69) is 9.71 Å². The second-order valence-electron chi connectivity index (χ2n) is 5.63. The number of aromatic nitrogens is 1. The van der Waals surface area contributed by atoms with Gasteiger partial charge in [0, 0.05) is 25.5 Å². The molecule has 0 saturated carbocycles. The lowest BCUT2D eigenvalue weighted by Gasteiger charge is -2.13. The molecule has 0 aliphatic heterocycles. The summed E-state index contributed by atoms with van der Waals surface area (Å²) in [7, 11) is -1.95. The van der Waals surface area contributed by atoms with Gasteiger partial charge in [-0.2, -0.15) is 0 Å². The first-order valence-electron chi connectivity index (χ1n) is 8.03. The van der Waals surface area contributed by atoms with Crippen LogP contribution in [0.25, 0.3) is 0 Å². The molecule has 0 fully saturated rings. The molecule has 0 radical (unpaired) electrons. The lowest BCUT2D eigenvalue weighted by atomic mass is 10.1. The molecule has 0 saturated heterocycles. The summed E-state index contributed by atoms with van der Waals surface area (Å²) < 4.78 is 38.4. The standard InChI is InChI=1S/C17H24N2O4S2/c1-5-23-15-8-13(3)16(9-12(15)2)25(20,21)18-7-6-14-11-24-17(19-14)10-22-4/h8-9,11,18H,5-7,10H2,1-4H3. The van der Waals surface area contributed by atoms with Crippen molar-refractivity contribution in [2.24, 2.45) is 0 Å². The molecule has 0 bridgehead atoms. The molecule has 8 heteroatoms. The highest BCUT2D eigenvalue weighted by molar-refractivity contribution is 7.89. The fourth-order valence-electron chi connectivity index (χ4n) is 2.41. The van der Waals surface area contributed by atoms with E-state index in [9.17, 15) is 8.42 Å². The predicted molar refractivity (Wildman–Crippen MR) is 98.8 cm³/mol. The minimum atomic E-state index is -3.57. The van der Waals surface area contributed by atoms with Crippen LogP contribution < -0.4 is 9.46 Å². The number of ether oxygens (including phenoxy) is 2. The average Bonchev–Trinajstić information content (AvgIpc) is 2.98. The first kappa shape index (κ1) is 19.8. The van der Waals surface area contributed by atoms with E-state index in [0.29, 0.717) is 37.5 Å². The van der Waals surface area contributed by atoms with Crippen LogP contribution in [0.4, 0.5) is 0 Å². The van der Waals surface area contributed by atoms with E-state index >= 15 is 0 Å². The number of rotatable bonds is 9. The highest BCUT2D eigenvalue weighted by Gasteiger charge is 2.18. The molecule has 0 aliphatic carbocycles. The van der Waals surface area contributed by atoms with Crippen LogP contribution >= 0.6 is 11.3 Å². The maximum absolute atomic E-state index is 12.6. The van der Waals surface area contributed by atoms with Gasteiger partial charge in [-0.25, -0.2) is 18.1 Å². The van der Waals surface area contributed by atoms with Crippen LogP contribution in [0.3, 0.4) is 0 Å². The maximum atomic E-state index is 12.6. The number of aryl methyl sites for hydroxylation is 2. The molecule has 1 aromatic heterocycles. The first-order valence-corrected chi connectivity index (χ1v) is 10.4. The van der Waals surface area contributed by atoms with Crippen molar-refractivity contribution in [1.82, 2.24) is 9.71 Å². The van der Waals surface area contributed by atoms with Gasteiger partial charge in [0.05, 0.1) is 23.8 Å². The second-order valence-corrected chi connectivity index (χ2v) is 8.31. The molecule has 0 unspecified atom stereocenters. The van der Waals surface area contributed by atoms with Crippen LogP contribution in [-0.2, 0) is 27.8 Å². The monoisotopic (exact) mass is 384 g/mol. The smallest absolute Gasteiger partial charge is 0.240 e. The van der Waals surface area contributed by atoms with Crippen molar-refractivity contribution in [3.63, 3.8) is 0 Å². The minimum Gasteiger partial charge on any atom is -0.494 e. The lowest BCUT2D eigenvalue weighted by Crippen LogP contribution is -2.26. The van der Waals surface area contributed by atoms with E-state index < -0.39 is 10.0 Å². The molecule has 0 spiro atoms. The maximum Gasteiger partial charge on any atom is 0.240 e. The Bertz CT molecular complexity index is 816. The first-order chi connectivity index (χ1) is 11.9. The quantitative estimate of drug-likeness (QED) is 0.719. The van der Waals surface area contributed by atoms with Gasteiger partial charge in [-0.05, 0) is 44.0 Å². The van der Waals surface area contributed by atoms with Gasteiger partial charge in [-0.1, -0.05) is 0 Å². The summed E-state index contributed by atoms with van der Waals surface area (Å²) in [5, 5.41) is 2.81.